The summed E-state index contributed by atoms with van der Waals surface area (Å²) in [6.45, 7) is 2.76. The zero-order chi connectivity index (χ0) is 19.9. The van der Waals surface area contributed by atoms with E-state index in [2.05, 4.69) is 10.7 Å². The summed E-state index contributed by atoms with van der Waals surface area (Å²) in [5.74, 6) is -2.08. The Bertz CT molecular complexity index is 708. The normalized spacial score (nSPS) is 19.0. The fourth-order valence-corrected chi connectivity index (χ4v) is 2.52. The topological polar surface area (TPSA) is 114 Å². The van der Waals surface area contributed by atoms with E-state index >= 15 is 0 Å². The number of aryl methyl sites for hydroxylation is 1. The first kappa shape index (κ1) is 20.4. The summed E-state index contributed by atoms with van der Waals surface area (Å²) < 4.78 is 9.55. The maximum absolute atomic E-state index is 12.6. The summed E-state index contributed by atoms with van der Waals surface area (Å²) >= 11 is 0. The maximum Gasteiger partial charge on any atom is 0.344 e. The molecular weight excluding hydrogens is 354 g/mol. The first-order chi connectivity index (χ1) is 12.9. The van der Waals surface area contributed by atoms with Gasteiger partial charge in [0.05, 0.1) is 0 Å². The number of nitrogens with one attached hydrogen (secondary N) is 2. The average molecular weight is 377 g/mol. The second kappa shape index (κ2) is 9.13. The highest BCUT2D eigenvalue weighted by Gasteiger charge is 2.48. The van der Waals surface area contributed by atoms with E-state index < -0.39 is 36.0 Å². The van der Waals surface area contributed by atoms with Crippen LogP contribution >= 0.6 is 0 Å². The molecule has 1 aromatic rings. The van der Waals surface area contributed by atoms with Crippen molar-refractivity contribution in [1.82, 2.24) is 15.8 Å². The molecule has 1 saturated heterocycles. The third kappa shape index (κ3) is 5.52. The van der Waals surface area contributed by atoms with Crippen LogP contribution in [0.15, 0.2) is 30.3 Å². The van der Waals surface area contributed by atoms with Crippen molar-refractivity contribution < 1.29 is 28.7 Å². The first-order valence-corrected chi connectivity index (χ1v) is 8.59. The molecule has 2 N–H and O–H groups in total. The number of carbonyl (C=O) groups excluding carboxylic acids is 4. The van der Waals surface area contributed by atoms with Crippen molar-refractivity contribution in [2.45, 2.75) is 32.2 Å². The van der Waals surface area contributed by atoms with Crippen LogP contribution in [0.4, 0.5) is 4.79 Å². The van der Waals surface area contributed by atoms with Gasteiger partial charge < -0.3 is 14.8 Å². The number of esters is 1. The van der Waals surface area contributed by atoms with Crippen LogP contribution in [0.3, 0.4) is 0 Å². The van der Waals surface area contributed by atoms with Crippen molar-refractivity contribution in [2.75, 3.05) is 19.8 Å². The number of ether oxygens (including phenoxy) is 2. The van der Waals surface area contributed by atoms with Crippen LogP contribution in [0.1, 0.15) is 25.8 Å². The molecule has 1 atom stereocenters. The summed E-state index contributed by atoms with van der Waals surface area (Å²) in [5.41, 5.74) is 2.06. The monoisotopic (exact) mass is 377 g/mol. The Labute approximate surface area is 157 Å². The van der Waals surface area contributed by atoms with Gasteiger partial charge in [0.25, 0.3) is 11.8 Å². The van der Waals surface area contributed by atoms with Crippen LogP contribution in [0.25, 0.3) is 0 Å². The summed E-state index contributed by atoms with van der Waals surface area (Å²) in [6.07, 6.45) is 0.956. The molecular formula is C18H23N3O6. The Morgan fingerprint density at radius 3 is 2.56 bits per heavy atom. The van der Waals surface area contributed by atoms with E-state index in [1.54, 1.807) is 13.8 Å². The molecule has 1 aliphatic heterocycles. The second-order valence-corrected chi connectivity index (χ2v) is 6.22. The summed E-state index contributed by atoms with van der Waals surface area (Å²) in [6, 6.07) is 8.82. The smallest absolute Gasteiger partial charge is 0.344 e. The predicted octanol–water partition coefficient (Wildman–Crippen LogP) is 0.541. The van der Waals surface area contributed by atoms with Crippen LogP contribution in [-0.2, 0) is 30.3 Å². The molecule has 1 aliphatic rings. The number of amides is 4. The molecule has 4 amide bonds. The molecule has 9 heteroatoms. The Hall–Kier alpha value is -2.94. The molecule has 1 heterocycles. The number of hydrogen-bond donors (Lipinski definition) is 2. The van der Waals surface area contributed by atoms with Crippen molar-refractivity contribution in [3.63, 3.8) is 0 Å². The van der Waals surface area contributed by atoms with Gasteiger partial charge in [0, 0.05) is 6.61 Å². The van der Waals surface area contributed by atoms with E-state index in [1.165, 1.54) is 0 Å². The van der Waals surface area contributed by atoms with Crippen LogP contribution in [0.5, 0.6) is 0 Å². The quantitative estimate of drug-likeness (QED) is 0.480. The summed E-state index contributed by atoms with van der Waals surface area (Å²) in [5, 5.41) is 3.21. The van der Waals surface area contributed by atoms with E-state index in [0.717, 1.165) is 5.56 Å². The minimum absolute atomic E-state index is 0.273. The Morgan fingerprint density at radius 1 is 1.19 bits per heavy atom. The lowest BCUT2D eigenvalue weighted by Gasteiger charge is -2.21. The Morgan fingerprint density at radius 2 is 1.89 bits per heavy atom. The van der Waals surface area contributed by atoms with Crippen molar-refractivity contribution in [1.29, 1.82) is 0 Å². The minimum Gasteiger partial charge on any atom is -0.454 e. The lowest BCUT2D eigenvalue weighted by Crippen LogP contribution is -2.50. The van der Waals surface area contributed by atoms with E-state index in [4.69, 9.17) is 9.47 Å². The van der Waals surface area contributed by atoms with Gasteiger partial charge >= 0.3 is 12.0 Å². The molecule has 0 aromatic heterocycles. The average Bonchev–Trinajstić information content (AvgIpc) is 2.87. The van der Waals surface area contributed by atoms with Crippen molar-refractivity contribution in [3.05, 3.63) is 35.9 Å². The number of benzene rings is 1. The molecule has 2 rings (SSSR count). The second-order valence-electron chi connectivity index (χ2n) is 6.22. The summed E-state index contributed by atoms with van der Waals surface area (Å²) in [4.78, 5) is 47.8. The van der Waals surface area contributed by atoms with E-state index in [0.29, 0.717) is 24.5 Å². The SMILES string of the molecule is CCOCC(=O)OCC(=O)NN1C(=O)N[C@@](C)(CCc2ccccc2)C1=O. The highest BCUT2D eigenvalue weighted by molar-refractivity contribution is 6.07. The Balaban J connectivity index is 1.87. The summed E-state index contributed by atoms with van der Waals surface area (Å²) in [7, 11) is 0. The molecule has 0 aliphatic carbocycles. The highest BCUT2D eigenvalue weighted by atomic mass is 16.6. The zero-order valence-corrected chi connectivity index (χ0v) is 15.3. The van der Waals surface area contributed by atoms with Gasteiger partial charge in [0.1, 0.15) is 12.1 Å². The maximum atomic E-state index is 12.6. The van der Waals surface area contributed by atoms with Crippen molar-refractivity contribution in [3.8, 4) is 0 Å². The highest BCUT2D eigenvalue weighted by Crippen LogP contribution is 2.22. The molecule has 0 saturated carbocycles. The molecule has 27 heavy (non-hydrogen) atoms. The fraction of sp³-hybridized carbons (Fsp3) is 0.444. The first-order valence-electron chi connectivity index (χ1n) is 8.59. The van der Waals surface area contributed by atoms with E-state index in [1.807, 2.05) is 30.3 Å². The molecule has 146 valence electrons. The molecule has 0 bridgehead atoms. The largest absolute Gasteiger partial charge is 0.454 e. The number of carbonyl (C=O) groups is 4. The number of urea groups is 1. The predicted molar refractivity (Wildman–Crippen MR) is 94.1 cm³/mol. The number of hydrogen-bond acceptors (Lipinski definition) is 6. The zero-order valence-electron chi connectivity index (χ0n) is 15.3. The number of imide groups is 1. The van der Waals surface area contributed by atoms with Gasteiger partial charge in [0.15, 0.2) is 6.61 Å². The van der Waals surface area contributed by atoms with E-state index in [-0.39, 0.29) is 6.61 Å². The van der Waals surface area contributed by atoms with Crippen LogP contribution in [0, 0.1) is 0 Å². The molecule has 0 unspecified atom stereocenters. The standard InChI is InChI=1S/C18H23N3O6/c1-3-26-12-15(23)27-11-14(22)20-21-16(24)18(2,19-17(21)25)10-9-13-7-5-4-6-8-13/h4-8H,3,9-12H2,1-2H3,(H,19,25)(H,20,22)/t18-/m0/s1. The molecule has 1 fully saturated rings. The van der Waals surface area contributed by atoms with Gasteiger partial charge in [-0.2, -0.15) is 5.01 Å². The lowest BCUT2D eigenvalue weighted by molar-refractivity contribution is -0.154. The van der Waals surface area contributed by atoms with Gasteiger partial charge in [-0.15, -0.1) is 0 Å². The van der Waals surface area contributed by atoms with Crippen molar-refractivity contribution in [2.24, 2.45) is 0 Å². The Kier molecular flexibility index (Phi) is 6.89. The lowest BCUT2D eigenvalue weighted by atomic mass is 9.93. The number of hydrazine groups is 1. The van der Waals surface area contributed by atoms with E-state index in [9.17, 15) is 19.2 Å². The van der Waals surface area contributed by atoms with Gasteiger partial charge in [-0.05, 0) is 32.3 Å². The number of rotatable bonds is 9. The number of nitrogens with zero attached hydrogens (tertiary/aromatic N) is 1. The molecule has 0 radical (unpaired) electrons. The fourth-order valence-electron chi connectivity index (χ4n) is 2.52. The van der Waals surface area contributed by atoms with Gasteiger partial charge in [-0.25, -0.2) is 9.59 Å². The van der Waals surface area contributed by atoms with Gasteiger partial charge in [0.2, 0.25) is 0 Å². The van der Waals surface area contributed by atoms with Crippen LogP contribution < -0.4 is 10.7 Å². The van der Waals surface area contributed by atoms with Gasteiger partial charge in [-0.1, -0.05) is 30.3 Å². The van der Waals surface area contributed by atoms with Crippen molar-refractivity contribution >= 4 is 23.8 Å². The third-order valence-corrected chi connectivity index (χ3v) is 4.04. The molecule has 1 aromatic carbocycles. The van der Waals surface area contributed by atoms with Crippen LogP contribution in [-0.4, -0.2) is 54.2 Å². The van der Waals surface area contributed by atoms with Crippen LogP contribution in [0.2, 0.25) is 0 Å². The third-order valence-electron chi connectivity index (χ3n) is 4.04. The molecule has 9 nitrogen and oxygen atoms in total. The van der Waals surface area contributed by atoms with Gasteiger partial charge in [-0.3, -0.25) is 15.0 Å². The molecule has 0 spiro atoms. The minimum atomic E-state index is -1.13.